The highest BCUT2D eigenvalue weighted by Gasteiger charge is 2.24. The molecule has 0 N–H and O–H groups in total. The number of hydrogen-bond donors (Lipinski definition) is 0. The van der Waals surface area contributed by atoms with Crippen LogP contribution in [0.4, 0.5) is 0 Å². The van der Waals surface area contributed by atoms with Gasteiger partial charge >= 0.3 is 5.97 Å². The third-order valence-electron chi connectivity index (χ3n) is 3.60. The molecule has 1 aliphatic rings. The Balaban J connectivity index is 1.94. The van der Waals surface area contributed by atoms with Crippen LogP contribution in [0.3, 0.4) is 0 Å². The number of cyclic esters (lactones) is 1. The number of esters is 1. The zero-order valence-corrected chi connectivity index (χ0v) is 13.7. The summed E-state index contributed by atoms with van der Waals surface area (Å²) in [6.45, 7) is 1.97. The molecule has 0 bridgehead atoms. The van der Waals surface area contributed by atoms with Crippen molar-refractivity contribution >= 4 is 17.9 Å². The first kappa shape index (κ1) is 15.8. The molecule has 2 aromatic rings. The molecule has 1 heterocycles. The van der Waals surface area contributed by atoms with E-state index in [1.54, 1.807) is 32.4 Å². The van der Waals surface area contributed by atoms with Crippen LogP contribution in [0, 0.1) is 6.92 Å². The topological polar surface area (TPSA) is 57.1 Å². The van der Waals surface area contributed by atoms with Crippen molar-refractivity contribution in [2.24, 2.45) is 4.99 Å². The Morgan fingerprint density at radius 2 is 1.83 bits per heavy atom. The molecule has 0 unspecified atom stereocenters. The molecular weight excluding hydrogens is 306 g/mol. The van der Waals surface area contributed by atoms with Crippen LogP contribution < -0.4 is 9.47 Å². The Morgan fingerprint density at radius 3 is 2.54 bits per heavy atom. The summed E-state index contributed by atoms with van der Waals surface area (Å²) in [5, 5.41) is 0. The van der Waals surface area contributed by atoms with Gasteiger partial charge in [0, 0.05) is 5.56 Å². The van der Waals surface area contributed by atoms with Gasteiger partial charge in [-0.3, -0.25) is 0 Å². The van der Waals surface area contributed by atoms with Crippen molar-refractivity contribution in [3.8, 4) is 11.5 Å². The fourth-order valence-electron chi connectivity index (χ4n) is 2.41. The zero-order chi connectivity index (χ0) is 17.1. The first-order chi connectivity index (χ1) is 11.6. The Labute approximate surface area is 140 Å². The van der Waals surface area contributed by atoms with Gasteiger partial charge in [0.15, 0.2) is 17.2 Å². The Morgan fingerprint density at radius 1 is 1.04 bits per heavy atom. The number of carbonyl (C=O) groups excluding carboxylic acids is 1. The number of carbonyl (C=O) groups is 1. The van der Waals surface area contributed by atoms with Gasteiger partial charge in [-0.1, -0.05) is 23.8 Å². The van der Waals surface area contributed by atoms with Crippen LogP contribution in [-0.2, 0) is 9.53 Å². The summed E-state index contributed by atoms with van der Waals surface area (Å²) in [5.74, 6) is 1.05. The van der Waals surface area contributed by atoms with E-state index >= 15 is 0 Å². The quantitative estimate of drug-likeness (QED) is 0.639. The number of methoxy groups -OCH3 is 2. The van der Waals surface area contributed by atoms with E-state index in [1.807, 2.05) is 37.3 Å². The van der Waals surface area contributed by atoms with E-state index < -0.39 is 5.97 Å². The molecule has 0 atom stereocenters. The molecule has 0 spiro atoms. The Hall–Kier alpha value is -3.08. The predicted octanol–water partition coefficient (Wildman–Crippen LogP) is 3.36. The van der Waals surface area contributed by atoms with Gasteiger partial charge in [-0.15, -0.1) is 0 Å². The maximum absolute atomic E-state index is 12.1. The standard InChI is InChI=1S/C19H17NO4/c1-12-5-4-6-14(9-12)18-20-15(19(21)24-18)10-13-7-8-16(22-2)17(11-13)23-3/h4-11H,1-3H3/b15-10+. The molecule has 5 heteroatoms. The first-order valence-electron chi connectivity index (χ1n) is 7.42. The molecule has 0 aromatic heterocycles. The summed E-state index contributed by atoms with van der Waals surface area (Å²) in [6, 6.07) is 13.0. The fourth-order valence-corrected chi connectivity index (χ4v) is 2.41. The maximum atomic E-state index is 12.1. The van der Waals surface area contributed by atoms with Crippen molar-refractivity contribution in [2.75, 3.05) is 14.2 Å². The molecule has 122 valence electrons. The highest BCUT2D eigenvalue weighted by Crippen LogP contribution is 2.29. The van der Waals surface area contributed by atoms with E-state index in [2.05, 4.69) is 4.99 Å². The molecule has 5 nitrogen and oxygen atoms in total. The highest BCUT2D eigenvalue weighted by molar-refractivity contribution is 6.12. The van der Waals surface area contributed by atoms with Gasteiger partial charge in [-0.05, 0) is 42.8 Å². The maximum Gasteiger partial charge on any atom is 0.363 e. The van der Waals surface area contributed by atoms with E-state index in [0.29, 0.717) is 17.4 Å². The number of benzene rings is 2. The van der Waals surface area contributed by atoms with Crippen molar-refractivity contribution in [3.63, 3.8) is 0 Å². The SMILES string of the molecule is COc1ccc(/C=C2/N=C(c3cccc(C)c3)OC2=O)cc1OC. The third kappa shape index (κ3) is 3.15. The lowest BCUT2D eigenvalue weighted by molar-refractivity contribution is -0.129. The number of rotatable bonds is 4. The van der Waals surface area contributed by atoms with Crippen LogP contribution in [0.25, 0.3) is 6.08 Å². The molecule has 0 aliphatic carbocycles. The van der Waals surface area contributed by atoms with Gasteiger partial charge in [-0.2, -0.15) is 0 Å². The molecule has 0 radical (unpaired) electrons. The lowest BCUT2D eigenvalue weighted by Gasteiger charge is -2.07. The van der Waals surface area contributed by atoms with Gasteiger partial charge in [0.1, 0.15) is 0 Å². The van der Waals surface area contributed by atoms with Crippen LogP contribution >= 0.6 is 0 Å². The second-order valence-corrected chi connectivity index (χ2v) is 5.32. The normalized spacial score (nSPS) is 15.2. The van der Waals surface area contributed by atoms with Gasteiger partial charge in [-0.25, -0.2) is 9.79 Å². The van der Waals surface area contributed by atoms with Gasteiger partial charge in [0.2, 0.25) is 5.90 Å². The predicted molar refractivity (Wildman–Crippen MR) is 91.3 cm³/mol. The van der Waals surface area contributed by atoms with E-state index in [1.165, 1.54) is 0 Å². The average molecular weight is 323 g/mol. The molecule has 0 fully saturated rings. The molecular formula is C19H17NO4. The van der Waals surface area contributed by atoms with E-state index in [-0.39, 0.29) is 5.70 Å². The summed E-state index contributed by atoms with van der Waals surface area (Å²) in [6.07, 6.45) is 1.66. The number of hydrogen-bond acceptors (Lipinski definition) is 5. The minimum absolute atomic E-state index is 0.249. The molecule has 2 aromatic carbocycles. The van der Waals surface area contributed by atoms with Gasteiger partial charge < -0.3 is 14.2 Å². The second-order valence-electron chi connectivity index (χ2n) is 5.32. The van der Waals surface area contributed by atoms with Crippen LogP contribution in [0.15, 0.2) is 53.2 Å². The number of nitrogens with zero attached hydrogens (tertiary/aromatic N) is 1. The number of aryl methyl sites for hydroxylation is 1. The Kier molecular flexibility index (Phi) is 4.33. The summed E-state index contributed by atoms with van der Waals surface area (Å²) in [4.78, 5) is 16.4. The first-order valence-corrected chi connectivity index (χ1v) is 7.42. The number of aliphatic imine (C=N–C) groups is 1. The van der Waals surface area contributed by atoms with Crippen molar-refractivity contribution in [2.45, 2.75) is 6.92 Å². The van der Waals surface area contributed by atoms with Crippen molar-refractivity contribution in [1.82, 2.24) is 0 Å². The number of ether oxygens (including phenoxy) is 3. The summed E-state index contributed by atoms with van der Waals surface area (Å²) in [5.41, 5.74) is 2.87. The van der Waals surface area contributed by atoms with E-state index in [0.717, 1.165) is 16.7 Å². The summed E-state index contributed by atoms with van der Waals surface area (Å²) >= 11 is 0. The largest absolute Gasteiger partial charge is 0.493 e. The monoisotopic (exact) mass is 323 g/mol. The smallest absolute Gasteiger partial charge is 0.363 e. The van der Waals surface area contributed by atoms with Crippen molar-refractivity contribution < 1.29 is 19.0 Å². The fraction of sp³-hybridized carbons (Fsp3) is 0.158. The minimum Gasteiger partial charge on any atom is -0.493 e. The molecule has 3 rings (SSSR count). The highest BCUT2D eigenvalue weighted by atomic mass is 16.6. The van der Waals surface area contributed by atoms with Crippen molar-refractivity contribution in [3.05, 3.63) is 64.9 Å². The Bertz CT molecular complexity index is 852. The molecule has 0 saturated heterocycles. The molecule has 24 heavy (non-hydrogen) atoms. The average Bonchev–Trinajstić information content (AvgIpc) is 2.95. The molecule has 0 amide bonds. The van der Waals surface area contributed by atoms with E-state index in [4.69, 9.17) is 14.2 Å². The second kappa shape index (κ2) is 6.58. The third-order valence-corrected chi connectivity index (χ3v) is 3.60. The lowest BCUT2D eigenvalue weighted by atomic mass is 10.1. The van der Waals surface area contributed by atoms with Crippen molar-refractivity contribution in [1.29, 1.82) is 0 Å². The van der Waals surface area contributed by atoms with Crippen LogP contribution in [-0.4, -0.2) is 26.1 Å². The van der Waals surface area contributed by atoms with Crippen LogP contribution in [0.1, 0.15) is 16.7 Å². The lowest BCUT2D eigenvalue weighted by Crippen LogP contribution is -2.05. The van der Waals surface area contributed by atoms with E-state index in [9.17, 15) is 4.79 Å². The molecule has 0 saturated carbocycles. The zero-order valence-electron chi connectivity index (χ0n) is 13.7. The van der Waals surface area contributed by atoms with Crippen LogP contribution in [0.2, 0.25) is 0 Å². The van der Waals surface area contributed by atoms with Crippen LogP contribution in [0.5, 0.6) is 11.5 Å². The van der Waals surface area contributed by atoms with Gasteiger partial charge in [0.05, 0.1) is 14.2 Å². The molecule has 1 aliphatic heterocycles. The summed E-state index contributed by atoms with van der Waals surface area (Å²) < 4.78 is 15.7. The summed E-state index contributed by atoms with van der Waals surface area (Å²) in [7, 11) is 3.13. The van der Waals surface area contributed by atoms with Gasteiger partial charge in [0.25, 0.3) is 0 Å². The minimum atomic E-state index is -0.471.